The van der Waals surface area contributed by atoms with Crippen LogP contribution in [-0.4, -0.2) is 61.7 Å². The second-order valence-corrected chi connectivity index (χ2v) is 5.81. The molecule has 0 aromatic rings. The summed E-state index contributed by atoms with van der Waals surface area (Å²) in [4.78, 5) is 4.71. The molecule has 1 aliphatic rings. The molecule has 2 atom stereocenters. The average molecular weight is 213 g/mol. The maximum atomic E-state index is 3.68. The third-order valence-electron chi connectivity index (χ3n) is 3.92. The molecule has 0 radical (unpaired) electrons. The summed E-state index contributed by atoms with van der Waals surface area (Å²) >= 11 is 0. The van der Waals surface area contributed by atoms with Crippen LogP contribution in [0, 0.1) is 0 Å². The lowest BCUT2D eigenvalue weighted by molar-refractivity contribution is 0.184. The van der Waals surface area contributed by atoms with Crippen molar-refractivity contribution in [3.05, 3.63) is 0 Å². The highest BCUT2D eigenvalue weighted by Gasteiger charge is 2.28. The minimum absolute atomic E-state index is 0.240. The molecule has 0 bridgehead atoms. The summed E-state index contributed by atoms with van der Waals surface area (Å²) in [5.41, 5.74) is 0.240. The molecule has 3 heteroatoms. The van der Waals surface area contributed by atoms with Gasteiger partial charge in [-0.3, -0.25) is 0 Å². The summed E-state index contributed by atoms with van der Waals surface area (Å²) in [6.07, 6.45) is 1.28. The van der Waals surface area contributed by atoms with Gasteiger partial charge in [0, 0.05) is 30.7 Å². The Hall–Kier alpha value is -0.120. The third-order valence-corrected chi connectivity index (χ3v) is 3.92. The van der Waals surface area contributed by atoms with E-state index in [1.54, 1.807) is 0 Å². The highest BCUT2D eigenvalue weighted by molar-refractivity contribution is 4.88. The van der Waals surface area contributed by atoms with Crippen LogP contribution in [0.3, 0.4) is 0 Å². The molecule has 1 aliphatic heterocycles. The first-order chi connectivity index (χ1) is 6.83. The van der Waals surface area contributed by atoms with Gasteiger partial charge in [0.15, 0.2) is 0 Å². The summed E-state index contributed by atoms with van der Waals surface area (Å²) in [6, 6.07) is 1.40. The lowest BCUT2D eigenvalue weighted by Gasteiger charge is -2.34. The van der Waals surface area contributed by atoms with Crippen LogP contribution in [0.5, 0.6) is 0 Å². The van der Waals surface area contributed by atoms with Gasteiger partial charge >= 0.3 is 0 Å². The molecule has 2 unspecified atom stereocenters. The molecule has 0 aromatic carbocycles. The average Bonchev–Trinajstić information content (AvgIpc) is 2.43. The number of hydrogen-bond acceptors (Lipinski definition) is 3. The van der Waals surface area contributed by atoms with E-state index in [9.17, 15) is 0 Å². The molecular formula is C12H27N3. The van der Waals surface area contributed by atoms with Crippen LogP contribution in [-0.2, 0) is 0 Å². The molecule has 0 aliphatic carbocycles. The SMILES string of the molecule is CC1CC(NCC(C)(C)N(C)C)CN1C. The van der Waals surface area contributed by atoms with E-state index in [-0.39, 0.29) is 5.54 Å². The summed E-state index contributed by atoms with van der Waals surface area (Å²) in [7, 11) is 6.50. The molecule has 15 heavy (non-hydrogen) atoms. The minimum atomic E-state index is 0.240. The van der Waals surface area contributed by atoms with Gasteiger partial charge < -0.3 is 15.1 Å². The van der Waals surface area contributed by atoms with Gasteiger partial charge in [0.05, 0.1) is 0 Å². The van der Waals surface area contributed by atoms with Crippen molar-refractivity contribution in [1.82, 2.24) is 15.1 Å². The van der Waals surface area contributed by atoms with Crippen molar-refractivity contribution in [1.29, 1.82) is 0 Å². The molecule has 0 spiro atoms. The zero-order chi connectivity index (χ0) is 11.6. The summed E-state index contributed by atoms with van der Waals surface area (Å²) in [5.74, 6) is 0. The zero-order valence-electron chi connectivity index (χ0n) is 11.2. The predicted molar refractivity (Wildman–Crippen MR) is 66.3 cm³/mol. The Morgan fingerprint density at radius 3 is 2.40 bits per heavy atom. The van der Waals surface area contributed by atoms with Crippen LogP contribution in [0.2, 0.25) is 0 Å². The van der Waals surface area contributed by atoms with Gasteiger partial charge in [0.2, 0.25) is 0 Å². The van der Waals surface area contributed by atoms with Gasteiger partial charge in [-0.15, -0.1) is 0 Å². The van der Waals surface area contributed by atoms with E-state index in [2.05, 4.69) is 57.0 Å². The van der Waals surface area contributed by atoms with E-state index >= 15 is 0 Å². The minimum Gasteiger partial charge on any atom is -0.311 e. The van der Waals surface area contributed by atoms with Crippen molar-refractivity contribution in [2.24, 2.45) is 0 Å². The Bertz CT molecular complexity index is 191. The largest absolute Gasteiger partial charge is 0.311 e. The highest BCUT2D eigenvalue weighted by atomic mass is 15.2. The monoisotopic (exact) mass is 213 g/mol. The van der Waals surface area contributed by atoms with Gasteiger partial charge in [-0.05, 0) is 48.3 Å². The number of rotatable bonds is 4. The summed E-state index contributed by atoms with van der Waals surface area (Å²) < 4.78 is 0. The molecule has 3 nitrogen and oxygen atoms in total. The fourth-order valence-electron chi connectivity index (χ4n) is 1.89. The van der Waals surface area contributed by atoms with Crippen molar-refractivity contribution in [3.63, 3.8) is 0 Å². The van der Waals surface area contributed by atoms with Gasteiger partial charge in [0.1, 0.15) is 0 Å². The van der Waals surface area contributed by atoms with Crippen molar-refractivity contribution in [3.8, 4) is 0 Å². The molecule has 1 saturated heterocycles. The number of likely N-dealkylation sites (tertiary alicyclic amines) is 1. The topological polar surface area (TPSA) is 18.5 Å². The maximum absolute atomic E-state index is 3.68. The van der Waals surface area contributed by atoms with Crippen molar-refractivity contribution in [2.45, 2.75) is 44.8 Å². The number of nitrogens with zero attached hydrogens (tertiary/aromatic N) is 2. The highest BCUT2D eigenvalue weighted by Crippen LogP contribution is 2.16. The molecule has 0 saturated carbocycles. The Labute approximate surface area is 94.8 Å². The van der Waals surface area contributed by atoms with Gasteiger partial charge in [0.25, 0.3) is 0 Å². The van der Waals surface area contributed by atoms with E-state index in [1.165, 1.54) is 13.0 Å². The van der Waals surface area contributed by atoms with E-state index in [4.69, 9.17) is 0 Å². The third kappa shape index (κ3) is 3.44. The molecule has 1 fully saturated rings. The van der Waals surface area contributed by atoms with Crippen molar-refractivity contribution < 1.29 is 0 Å². The fourth-order valence-corrected chi connectivity index (χ4v) is 1.89. The molecule has 1 rings (SSSR count). The molecule has 0 aromatic heterocycles. The Morgan fingerprint density at radius 2 is 2.00 bits per heavy atom. The lowest BCUT2D eigenvalue weighted by Crippen LogP contribution is -2.49. The standard InChI is InChI=1S/C12H27N3/c1-10-7-11(8-15(10)6)13-9-12(2,3)14(4)5/h10-11,13H,7-9H2,1-6H3. The molecule has 1 N–H and O–H groups in total. The van der Waals surface area contributed by atoms with Crippen LogP contribution < -0.4 is 5.32 Å². The van der Waals surface area contributed by atoms with E-state index in [0.29, 0.717) is 6.04 Å². The number of nitrogens with one attached hydrogen (secondary N) is 1. The molecule has 0 amide bonds. The van der Waals surface area contributed by atoms with Crippen LogP contribution in [0.15, 0.2) is 0 Å². The van der Waals surface area contributed by atoms with E-state index in [1.807, 2.05) is 0 Å². The summed E-state index contributed by atoms with van der Waals surface area (Å²) in [6.45, 7) is 9.11. The van der Waals surface area contributed by atoms with Crippen LogP contribution in [0.4, 0.5) is 0 Å². The number of hydrogen-bond donors (Lipinski definition) is 1. The normalized spacial score (nSPS) is 29.0. The van der Waals surface area contributed by atoms with Crippen LogP contribution in [0.1, 0.15) is 27.2 Å². The van der Waals surface area contributed by atoms with Crippen molar-refractivity contribution >= 4 is 0 Å². The fraction of sp³-hybridized carbons (Fsp3) is 1.00. The first kappa shape index (κ1) is 12.9. The maximum Gasteiger partial charge on any atom is 0.0271 e. The Balaban J connectivity index is 2.32. The van der Waals surface area contributed by atoms with Crippen LogP contribution in [0.25, 0.3) is 0 Å². The first-order valence-electron chi connectivity index (χ1n) is 5.94. The van der Waals surface area contributed by atoms with E-state index < -0.39 is 0 Å². The smallest absolute Gasteiger partial charge is 0.0271 e. The second-order valence-electron chi connectivity index (χ2n) is 5.81. The quantitative estimate of drug-likeness (QED) is 0.752. The molecule has 90 valence electrons. The molecule has 1 heterocycles. The second kappa shape index (κ2) is 4.81. The van der Waals surface area contributed by atoms with Crippen LogP contribution >= 0.6 is 0 Å². The summed E-state index contributed by atoms with van der Waals surface area (Å²) in [5, 5.41) is 3.68. The molecular weight excluding hydrogens is 186 g/mol. The Kier molecular flexibility index (Phi) is 4.15. The van der Waals surface area contributed by atoms with Gasteiger partial charge in [-0.1, -0.05) is 0 Å². The predicted octanol–water partition coefficient (Wildman–Crippen LogP) is 1.01. The van der Waals surface area contributed by atoms with E-state index in [0.717, 1.165) is 12.6 Å². The lowest BCUT2D eigenvalue weighted by atomic mass is 10.0. The van der Waals surface area contributed by atoms with Gasteiger partial charge in [-0.25, -0.2) is 0 Å². The Morgan fingerprint density at radius 1 is 1.40 bits per heavy atom. The first-order valence-corrected chi connectivity index (χ1v) is 5.94. The van der Waals surface area contributed by atoms with Crippen molar-refractivity contribution in [2.75, 3.05) is 34.2 Å². The number of likely N-dealkylation sites (N-methyl/N-ethyl adjacent to an activating group) is 2. The zero-order valence-corrected chi connectivity index (χ0v) is 11.2. The van der Waals surface area contributed by atoms with Gasteiger partial charge in [-0.2, -0.15) is 0 Å².